The van der Waals surface area contributed by atoms with Crippen LogP contribution in [0.15, 0.2) is 29.2 Å². The second kappa shape index (κ2) is 0.779. The molecule has 1 N–H and O–H groups in total. The molecule has 0 aliphatic carbocycles. The van der Waals surface area contributed by atoms with Crippen LogP contribution < -0.4 is 0 Å². The van der Waals surface area contributed by atoms with Crippen molar-refractivity contribution < 1.29 is 19.5 Å². The molecule has 5 heteroatoms. The van der Waals surface area contributed by atoms with Crippen molar-refractivity contribution >= 4 is 10.1 Å². The predicted octanol–water partition coefficient (Wildman–Crippen LogP) is 3.73. The van der Waals surface area contributed by atoms with Crippen molar-refractivity contribution in [2.75, 3.05) is 0 Å². The minimum absolute atomic E-state index is 0.276. The summed E-state index contributed by atoms with van der Waals surface area (Å²) in [7, 11) is -4.08. The van der Waals surface area contributed by atoms with Gasteiger partial charge in [0.1, 0.15) is 0 Å². The second-order valence-electron chi connectivity index (χ2n) is 11.7. The molecular weight excluding hydrogens is 328 g/mol. The molecule has 0 amide bonds. The molecule has 21 heavy (non-hydrogen) atoms. The van der Waals surface area contributed by atoms with Crippen LogP contribution >= 0.6 is 0 Å². The molecule has 3 nitrogen and oxygen atoms in total. The van der Waals surface area contributed by atoms with Crippen molar-refractivity contribution in [3.05, 3.63) is 29.8 Å². The fraction of sp³-hybridized carbons (Fsp3) is 0.625. The molecule has 10 saturated heterocycles. The van der Waals surface area contributed by atoms with Crippen molar-refractivity contribution in [2.45, 2.75) is 52.6 Å². The number of rotatable bonds is 2. The summed E-state index contributed by atoms with van der Waals surface area (Å²) in [6.07, 6.45) is 0. The molecule has 0 aromatic heterocycles. The zero-order valence-corrected chi connectivity index (χ0v) is 13.0. The third-order valence-corrected chi connectivity index (χ3v) is 59.5. The molecule has 0 saturated carbocycles. The van der Waals surface area contributed by atoms with Crippen LogP contribution in [0.1, 0.15) is 5.56 Å². The Morgan fingerprint density at radius 1 is 0.905 bits per heavy atom. The van der Waals surface area contributed by atoms with E-state index < -0.39 is 16.6 Å². The summed E-state index contributed by atoms with van der Waals surface area (Å²) in [5.41, 5.74) is 1.11. The van der Waals surface area contributed by atoms with Crippen LogP contribution in [0.3, 0.4) is 0 Å². The zero-order valence-electron chi connectivity index (χ0n) is 11.0. The Labute approximate surface area is 112 Å². The van der Waals surface area contributed by atoms with Gasteiger partial charge in [0, 0.05) is 0 Å². The van der Waals surface area contributed by atoms with Gasteiger partial charge in [0.15, 0.2) is 0 Å². The van der Waals surface area contributed by atoms with E-state index in [0.717, 1.165) is 15.2 Å². The molecule has 10 fully saturated rings. The molecule has 1 aromatic carbocycles. The van der Waals surface area contributed by atoms with Gasteiger partial charge < -0.3 is 0 Å². The minimum atomic E-state index is -4.08. The van der Waals surface area contributed by atoms with Crippen LogP contribution in [0.2, 0.25) is 43.3 Å². The van der Waals surface area contributed by atoms with E-state index in [2.05, 4.69) is 6.07 Å². The Balaban J connectivity index is 1.48. The first-order valence-electron chi connectivity index (χ1n) is 8.06. The van der Waals surface area contributed by atoms with Gasteiger partial charge in [-0.05, 0) is 0 Å². The van der Waals surface area contributed by atoms with E-state index in [0.29, 0.717) is 4.31 Å². The Morgan fingerprint density at radius 2 is 1.43 bits per heavy atom. The van der Waals surface area contributed by atoms with E-state index in [1.807, 2.05) is 6.07 Å². The standard InChI is InChI=1S/C11H9O3S.C5H5.Fe/c12-15(13,14)11-8-4-3-7-10(11)9-5-1-2-6-9;1-2-4-5-3-1;/h1-8H,(H,12,13,14);1-5H;. The van der Waals surface area contributed by atoms with Crippen molar-refractivity contribution in [3.63, 3.8) is 0 Å². The summed E-state index contributed by atoms with van der Waals surface area (Å²) in [5.74, 6) is 0. The molecule has 0 bridgehead atoms. The van der Waals surface area contributed by atoms with Crippen molar-refractivity contribution in [3.8, 4) is 0 Å². The van der Waals surface area contributed by atoms with Gasteiger partial charge in [-0.15, -0.1) is 0 Å². The normalized spacial score (nSPS) is 99.4. The summed E-state index contributed by atoms with van der Waals surface area (Å²) in [6, 6.07) is 7.54. The molecule has 1 aromatic rings. The van der Waals surface area contributed by atoms with Crippen LogP contribution in [0.5, 0.6) is 0 Å². The molecule has 110 valence electrons. The van der Waals surface area contributed by atoms with E-state index >= 15 is 0 Å². The fourth-order valence-corrected chi connectivity index (χ4v) is 93.0. The first-order valence-corrected chi connectivity index (χ1v) is 15.8. The average molecular weight is 342 g/mol. The quantitative estimate of drug-likeness (QED) is 0.658. The Hall–Kier alpha value is -0.351. The average Bonchev–Trinajstić information content (AvgIpc) is 3.38. The van der Waals surface area contributed by atoms with Crippen LogP contribution in [0.25, 0.3) is 0 Å². The summed E-state index contributed by atoms with van der Waals surface area (Å²) in [6.45, 7) is -3.34. The van der Waals surface area contributed by atoms with Crippen molar-refractivity contribution in [1.29, 1.82) is 0 Å². The monoisotopic (exact) mass is 342 g/mol. The molecule has 10 aliphatic heterocycles. The zero-order chi connectivity index (χ0) is 13.5. The summed E-state index contributed by atoms with van der Waals surface area (Å²) >= 11 is 0. The van der Waals surface area contributed by atoms with Crippen molar-refractivity contribution in [1.82, 2.24) is 0 Å². The van der Waals surface area contributed by atoms with E-state index in [-0.39, 0.29) is 4.90 Å². The first kappa shape index (κ1) is 8.49. The van der Waals surface area contributed by atoms with Crippen LogP contribution in [0.4, 0.5) is 0 Å². The molecule has 11 rings (SSSR count). The predicted molar refractivity (Wildman–Crippen MR) is 71.7 cm³/mol. The molecule has 1 spiro atoms. The van der Waals surface area contributed by atoms with Gasteiger partial charge in [0.25, 0.3) is 0 Å². The fourth-order valence-electron chi connectivity index (χ4n) is 17.9. The van der Waals surface area contributed by atoms with Gasteiger partial charge in [0.05, 0.1) is 0 Å². The van der Waals surface area contributed by atoms with Gasteiger partial charge in [0.2, 0.25) is 0 Å². The number of benzene rings is 1. The van der Waals surface area contributed by atoms with Crippen LogP contribution in [0, 0.1) is 0 Å². The Bertz CT molecular complexity index is 1320. The van der Waals surface area contributed by atoms with Gasteiger partial charge in [-0.3, -0.25) is 0 Å². The van der Waals surface area contributed by atoms with E-state index in [9.17, 15) is 13.0 Å². The van der Waals surface area contributed by atoms with Crippen LogP contribution in [-0.2, 0) is 20.9 Å². The third kappa shape index (κ3) is 0.110. The summed E-state index contributed by atoms with van der Waals surface area (Å²) in [5, 5.41) is 0. The molecule has 4 atom stereocenters. The van der Waals surface area contributed by atoms with Gasteiger partial charge in [-0.2, -0.15) is 0 Å². The molecule has 4 unspecified atom stereocenters. The molecule has 10 heterocycles. The number of hydrogen-bond donors (Lipinski definition) is 1. The van der Waals surface area contributed by atoms with E-state index in [1.165, 1.54) is 33.7 Å². The first-order chi connectivity index (χ1) is 9.77. The summed E-state index contributed by atoms with van der Waals surface area (Å²) in [4.78, 5) is 10.5. The van der Waals surface area contributed by atoms with E-state index in [4.69, 9.17) is 0 Å². The van der Waals surface area contributed by atoms with Gasteiger partial charge >= 0.3 is 112 Å². The maximum absolute atomic E-state index is 11.9. The number of hydrogen-bond acceptors (Lipinski definition) is 2. The molecule has 10 aliphatic rings. The number of fused-ring (bicyclic) bond motifs is 10. The Kier molecular flexibility index (Phi) is 0.315. The maximum atomic E-state index is 11.9. The van der Waals surface area contributed by atoms with Gasteiger partial charge in [-0.1, -0.05) is 0 Å². The summed E-state index contributed by atoms with van der Waals surface area (Å²) < 4.78 is 34.1. The second-order valence-corrected chi connectivity index (χ2v) is 36.6. The van der Waals surface area contributed by atoms with Crippen molar-refractivity contribution in [2.24, 2.45) is 0 Å². The molecule has 0 radical (unpaired) electrons. The topological polar surface area (TPSA) is 54.4 Å². The molecular formula is C16H14FeO3S. The van der Waals surface area contributed by atoms with Crippen LogP contribution in [-0.4, -0.2) is 13.0 Å². The SMILES string of the molecule is O=S(=O)(O)c1ccccc1[C]12[CH]3[CH]4[CH]5[CH]1[Fe]45321678[CH]2[CH]1[CH]6[CH]7[CH]28. The van der Waals surface area contributed by atoms with E-state index in [1.54, 1.807) is 12.1 Å². The third-order valence-electron chi connectivity index (χ3n) is 16.3. The Morgan fingerprint density at radius 3 is 1.81 bits per heavy atom. The van der Waals surface area contributed by atoms with Gasteiger partial charge in [-0.25, -0.2) is 0 Å².